The average molecular weight is 173 g/mol. The molecule has 0 bridgehead atoms. The van der Waals surface area contributed by atoms with Gasteiger partial charge in [0.25, 0.3) is 0 Å². The van der Waals surface area contributed by atoms with E-state index in [9.17, 15) is 0 Å². The third kappa shape index (κ3) is 1.00. The highest BCUT2D eigenvalue weighted by Gasteiger charge is 2.26. The number of nitrogens with two attached hydrogens (primary N) is 1. The molecule has 0 atom stereocenters. The first-order chi connectivity index (χ1) is 6.34. The number of fused-ring (bicyclic) bond motifs is 1. The summed E-state index contributed by atoms with van der Waals surface area (Å²) >= 11 is 0. The van der Waals surface area contributed by atoms with Crippen LogP contribution in [0.4, 0.5) is 5.82 Å². The van der Waals surface area contributed by atoms with Gasteiger partial charge >= 0.3 is 0 Å². The van der Waals surface area contributed by atoms with E-state index in [1.165, 1.54) is 18.4 Å². The Morgan fingerprint density at radius 1 is 1.46 bits per heavy atom. The molecule has 3 nitrogen and oxygen atoms in total. The van der Waals surface area contributed by atoms with E-state index >= 15 is 0 Å². The van der Waals surface area contributed by atoms with Crippen LogP contribution in [0.25, 0.3) is 11.0 Å². The molecule has 2 aromatic heterocycles. The van der Waals surface area contributed by atoms with Crippen LogP contribution < -0.4 is 5.73 Å². The first-order valence-electron chi connectivity index (χ1n) is 4.58. The van der Waals surface area contributed by atoms with Crippen LogP contribution in [0.1, 0.15) is 24.3 Å². The van der Waals surface area contributed by atoms with Crippen LogP contribution in [-0.2, 0) is 0 Å². The molecule has 0 radical (unpaired) electrons. The largest absolute Gasteiger partial charge is 0.383 e. The quantitative estimate of drug-likeness (QED) is 0.693. The summed E-state index contributed by atoms with van der Waals surface area (Å²) < 4.78 is 0. The van der Waals surface area contributed by atoms with Gasteiger partial charge in [0.05, 0.1) is 11.0 Å². The SMILES string of the molecule is Nc1nc2cc[nH]c2cc1C1CC1. The van der Waals surface area contributed by atoms with Crippen LogP contribution in [0, 0.1) is 0 Å². The summed E-state index contributed by atoms with van der Waals surface area (Å²) in [6.07, 6.45) is 4.42. The maximum atomic E-state index is 5.86. The molecule has 66 valence electrons. The van der Waals surface area contributed by atoms with Crippen LogP contribution in [0.5, 0.6) is 0 Å². The van der Waals surface area contributed by atoms with Crippen molar-refractivity contribution in [1.82, 2.24) is 9.97 Å². The van der Waals surface area contributed by atoms with Crippen molar-refractivity contribution in [2.45, 2.75) is 18.8 Å². The Hall–Kier alpha value is -1.51. The van der Waals surface area contributed by atoms with Crippen molar-refractivity contribution < 1.29 is 0 Å². The minimum Gasteiger partial charge on any atom is -0.383 e. The summed E-state index contributed by atoms with van der Waals surface area (Å²) in [5.41, 5.74) is 9.13. The zero-order valence-corrected chi connectivity index (χ0v) is 7.25. The number of anilines is 1. The zero-order chi connectivity index (χ0) is 8.84. The van der Waals surface area contributed by atoms with Crippen molar-refractivity contribution >= 4 is 16.9 Å². The molecular weight excluding hydrogens is 162 g/mol. The Morgan fingerprint density at radius 3 is 3.08 bits per heavy atom. The Bertz CT molecular complexity index is 454. The van der Waals surface area contributed by atoms with Crippen molar-refractivity contribution in [3.05, 3.63) is 23.9 Å². The van der Waals surface area contributed by atoms with Crippen molar-refractivity contribution in [3.8, 4) is 0 Å². The van der Waals surface area contributed by atoms with Gasteiger partial charge in [-0.05, 0) is 36.5 Å². The minimum absolute atomic E-state index is 0.667. The predicted molar refractivity (Wildman–Crippen MR) is 52.5 cm³/mol. The maximum absolute atomic E-state index is 5.86. The molecule has 0 aliphatic heterocycles. The molecule has 0 unspecified atom stereocenters. The van der Waals surface area contributed by atoms with Gasteiger partial charge in [-0.3, -0.25) is 0 Å². The lowest BCUT2D eigenvalue weighted by atomic mass is 10.1. The summed E-state index contributed by atoms with van der Waals surface area (Å²) in [4.78, 5) is 7.50. The molecule has 0 saturated heterocycles. The lowest BCUT2D eigenvalue weighted by Crippen LogP contribution is -1.96. The Balaban J connectivity index is 2.27. The molecule has 13 heavy (non-hydrogen) atoms. The summed E-state index contributed by atoms with van der Waals surface area (Å²) in [6.45, 7) is 0. The van der Waals surface area contributed by atoms with Gasteiger partial charge in [0, 0.05) is 6.20 Å². The summed E-state index contributed by atoms with van der Waals surface area (Å²) in [5, 5.41) is 0. The number of hydrogen-bond acceptors (Lipinski definition) is 2. The normalized spacial score (nSPS) is 16.6. The van der Waals surface area contributed by atoms with Crippen LogP contribution in [0.3, 0.4) is 0 Å². The van der Waals surface area contributed by atoms with E-state index in [0.29, 0.717) is 11.7 Å². The highest BCUT2D eigenvalue weighted by atomic mass is 14.9. The van der Waals surface area contributed by atoms with Gasteiger partial charge in [-0.1, -0.05) is 0 Å². The molecule has 1 fully saturated rings. The molecule has 2 heterocycles. The third-order valence-electron chi connectivity index (χ3n) is 2.61. The number of aromatic nitrogens is 2. The van der Waals surface area contributed by atoms with E-state index in [-0.39, 0.29) is 0 Å². The molecule has 0 amide bonds. The van der Waals surface area contributed by atoms with Gasteiger partial charge in [0.15, 0.2) is 0 Å². The number of nitrogens with zero attached hydrogens (tertiary/aromatic N) is 1. The standard InChI is InChI=1S/C10H11N3/c11-10-7(6-1-2-6)5-9-8(13-10)3-4-12-9/h3-6,12H,1-2H2,(H2,11,13). The zero-order valence-electron chi connectivity index (χ0n) is 7.25. The van der Waals surface area contributed by atoms with Gasteiger partial charge < -0.3 is 10.7 Å². The molecule has 3 rings (SSSR count). The highest BCUT2D eigenvalue weighted by Crippen LogP contribution is 2.42. The highest BCUT2D eigenvalue weighted by molar-refractivity contribution is 5.78. The second-order valence-corrected chi connectivity index (χ2v) is 3.65. The van der Waals surface area contributed by atoms with Gasteiger partial charge in [-0.25, -0.2) is 4.98 Å². The monoisotopic (exact) mass is 173 g/mol. The first-order valence-corrected chi connectivity index (χ1v) is 4.58. The molecule has 2 aromatic rings. The fourth-order valence-electron chi connectivity index (χ4n) is 1.73. The number of H-pyrrole nitrogens is 1. The van der Waals surface area contributed by atoms with Crippen LogP contribution in [0.15, 0.2) is 18.3 Å². The smallest absolute Gasteiger partial charge is 0.127 e. The molecule has 3 heteroatoms. The summed E-state index contributed by atoms with van der Waals surface area (Å²) in [6, 6.07) is 4.08. The molecule has 1 aliphatic carbocycles. The third-order valence-corrected chi connectivity index (χ3v) is 2.61. The van der Waals surface area contributed by atoms with E-state index < -0.39 is 0 Å². The first kappa shape index (κ1) is 6.95. The van der Waals surface area contributed by atoms with Gasteiger partial charge in [0.1, 0.15) is 5.82 Å². The fraction of sp³-hybridized carbons (Fsp3) is 0.300. The lowest BCUT2D eigenvalue weighted by Gasteiger charge is -2.02. The summed E-state index contributed by atoms with van der Waals surface area (Å²) in [5.74, 6) is 1.37. The van der Waals surface area contributed by atoms with Crippen LogP contribution in [0.2, 0.25) is 0 Å². The van der Waals surface area contributed by atoms with E-state index in [0.717, 1.165) is 11.0 Å². The number of rotatable bonds is 1. The molecule has 1 saturated carbocycles. The molecule has 3 N–H and O–H groups in total. The second-order valence-electron chi connectivity index (χ2n) is 3.65. The van der Waals surface area contributed by atoms with E-state index in [2.05, 4.69) is 16.0 Å². The van der Waals surface area contributed by atoms with Crippen molar-refractivity contribution in [2.24, 2.45) is 0 Å². The average Bonchev–Trinajstić information content (AvgIpc) is 2.85. The topological polar surface area (TPSA) is 54.7 Å². The number of nitrogen functional groups attached to an aromatic ring is 1. The maximum Gasteiger partial charge on any atom is 0.127 e. The predicted octanol–water partition coefficient (Wildman–Crippen LogP) is 2.02. The van der Waals surface area contributed by atoms with Crippen LogP contribution in [-0.4, -0.2) is 9.97 Å². The van der Waals surface area contributed by atoms with Gasteiger partial charge in [0.2, 0.25) is 0 Å². The number of aromatic amines is 1. The Morgan fingerprint density at radius 2 is 2.31 bits per heavy atom. The lowest BCUT2D eigenvalue weighted by molar-refractivity contribution is 1.12. The van der Waals surface area contributed by atoms with Gasteiger partial charge in [-0.15, -0.1) is 0 Å². The van der Waals surface area contributed by atoms with Crippen molar-refractivity contribution in [3.63, 3.8) is 0 Å². The van der Waals surface area contributed by atoms with Crippen LogP contribution >= 0.6 is 0 Å². The van der Waals surface area contributed by atoms with E-state index in [1.54, 1.807) is 0 Å². The Labute approximate surface area is 76.0 Å². The van der Waals surface area contributed by atoms with Crippen molar-refractivity contribution in [1.29, 1.82) is 0 Å². The Kier molecular flexibility index (Phi) is 1.20. The second kappa shape index (κ2) is 2.25. The number of pyridine rings is 1. The summed E-state index contributed by atoms with van der Waals surface area (Å²) in [7, 11) is 0. The van der Waals surface area contributed by atoms with E-state index in [4.69, 9.17) is 5.73 Å². The molecule has 0 aromatic carbocycles. The number of hydrogen-bond donors (Lipinski definition) is 2. The fourth-order valence-corrected chi connectivity index (χ4v) is 1.73. The number of nitrogens with one attached hydrogen (secondary N) is 1. The van der Waals surface area contributed by atoms with Crippen molar-refractivity contribution in [2.75, 3.05) is 5.73 Å². The molecular formula is C10H11N3. The van der Waals surface area contributed by atoms with Gasteiger partial charge in [-0.2, -0.15) is 0 Å². The molecule has 1 aliphatic rings. The minimum atomic E-state index is 0.667. The van der Waals surface area contributed by atoms with E-state index in [1.807, 2.05) is 12.3 Å². The molecule has 0 spiro atoms.